The first kappa shape index (κ1) is 23.0. The molecule has 8 nitrogen and oxygen atoms in total. The maximum absolute atomic E-state index is 14.6. The van der Waals surface area contributed by atoms with Crippen LogP contribution in [0, 0.1) is 5.41 Å². The summed E-state index contributed by atoms with van der Waals surface area (Å²) < 4.78 is 6.49. The first-order valence-electron chi connectivity index (χ1n) is 12.6. The number of likely N-dealkylation sites (tertiary alicyclic amines) is 1. The number of Topliss-reactive ketones (excluding diaryl/α,β-unsaturated/α-hetero) is 5. The molecule has 0 aromatic heterocycles. The average molecular weight is 539 g/mol. The van der Waals surface area contributed by atoms with Gasteiger partial charge in [-0.2, -0.15) is 0 Å². The summed E-state index contributed by atoms with van der Waals surface area (Å²) in [5.41, 5.74) is -4.37. The van der Waals surface area contributed by atoms with Gasteiger partial charge in [0.2, 0.25) is 0 Å². The molecule has 3 atom stereocenters. The first-order chi connectivity index (χ1) is 18.7. The molecule has 0 unspecified atom stereocenters. The molecule has 5 aliphatic rings. The van der Waals surface area contributed by atoms with Gasteiger partial charge in [0, 0.05) is 33.8 Å². The van der Waals surface area contributed by atoms with E-state index >= 15 is 0 Å². The minimum atomic E-state index is -1.95. The molecule has 3 spiro atoms. The van der Waals surface area contributed by atoms with Gasteiger partial charge in [-0.1, -0.05) is 60.1 Å². The lowest BCUT2D eigenvalue weighted by atomic mass is 9.65. The number of carbonyl (C=O) groups excluding carboxylic acids is 5. The van der Waals surface area contributed by atoms with Gasteiger partial charge in [-0.05, 0) is 25.2 Å². The van der Waals surface area contributed by atoms with Crippen LogP contribution in [0.1, 0.15) is 51.8 Å². The van der Waals surface area contributed by atoms with Crippen molar-refractivity contribution in [2.75, 3.05) is 13.6 Å². The van der Waals surface area contributed by atoms with Crippen LogP contribution in [0.15, 0.2) is 66.7 Å². The van der Waals surface area contributed by atoms with E-state index in [9.17, 15) is 24.0 Å². The minimum absolute atomic E-state index is 0.151. The zero-order valence-electron chi connectivity index (χ0n) is 20.5. The number of hydrogen-bond donors (Lipinski definition) is 1. The number of ether oxygens (including phenoxy) is 1. The van der Waals surface area contributed by atoms with Crippen LogP contribution in [-0.2, 0) is 0 Å². The van der Waals surface area contributed by atoms with Crippen LogP contribution in [0.2, 0.25) is 5.02 Å². The third kappa shape index (κ3) is 2.20. The average Bonchev–Trinajstić information content (AvgIpc) is 3.56. The van der Waals surface area contributed by atoms with Crippen LogP contribution in [0.5, 0.6) is 5.75 Å². The molecule has 8 rings (SSSR count). The van der Waals surface area contributed by atoms with E-state index in [-0.39, 0.29) is 40.1 Å². The lowest BCUT2D eigenvalue weighted by Gasteiger charge is -2.41. The van der Waals surface area contributed by atoms with Gasteiger partial charge in [-0.3, -0.25) is 34.2 Å². The Morgan fingerprint density at radius 2 is 1.31 bits per heavy atom. The molecule has 39 heavy (non-hydrogen) atoms. The highest BCUT2D eigenvalue weighted by Crippen LogP contribution is 2.62. The van der Waals surface area contributed by atoms with Crippen LogP contribution >= 0.6 is 11.6 Å². The smallest absolute Gasteiger partial charge is 0.195 e. The molecule has 3 aliphatic heterocycles. The van der Waals surface area contributed by atoms with Crippen LogP contribution < -0.4 is 10.1 Å². The second-order valence-corrected chi connectivity index (χ2v) is 11.3. The molecule has 0 saturated carbocycles. The van der Waals surface area contributed by atoms with Crippen LogP contribution in [-0.4, -0.2) is 70.6 Å². The standard InChI is InChI=1S/C30H19ClN2O6/c1-33-26-28(13-32-29(26)22(35)15-6-2-3-7-16(15)23(29)36)21(34)19-12-14(31)10-11-20(19)39-27(28)30(33)24(37)17-8-4-5-9-18(17)25(30)38/h2-12,26-27,32H,13H2,1H3/t26-,27+,28+/m0/s1. The third-order valence-corrected chi connectivity index (χ3v) is 9.68. The summed E-state index contributed by atoms with van der Waals surface area (Å²) in [7, 11) is 1.54. The third-order valence-electron chi connectivity index (χ3n) is 9.44. The van der Waals surface area contributed by atoms with Gasteiger partial charge in [0.05, 0.1) is 11.6 Å². The fourth-order valence-electron chi connectivity index (χ4n) is 7.94. The van der Waals surface area contributed by atoms with Crippen LogP contribution in [0.3, 0.4) is 0 Å². The van der Waals surface area contributed by atoms with Gasteiger partial charge < -0.3 is 4.74 Å². The van der Waals surface area contributed by atoms with Crippen LogP contribution in [0.4, 0.5) is 0 Å². The summed E-state index contributed by atoms with van der Waals surface area (Å²) in [6, 6.07) is 16.4. The maximum atomic E-state index is 14.6. The van der Waals surface area contributed by atoms with E-state index in [1.807, 2.05) is 0 Å². The summed E-state index contributed by atoms with van der Waals surface area (Å²) in [5, 5.41) is 3.44. The van der Waals surface area contributed by atoms with E-state index in [1.54, 1.807) is 67.7 Å². The molecular weight excluding hydrogens is 520 g/mol. The fourth-order valence-corrected chi connectivity index (χ4v) is 8.11. The van der Waals surface area contributed by atoms with E-state index in [2.05, 4.69) is 5.32 Å². The summed E-state index contributed by atoms with van der Waals surface area (Å²) >= 11 is 6.26. The Bertz CT molecular complexity index is 1690. The normalized spacial score (nSPS) is 28.9. The predicted molar refractivity (Wildman–Crippen MR) is 138 cm³/mol. The Kier molecular flexibility index (Phi) is 4.09. The molecule has 0 bridgehead atoms. The van der Waals surface area contributed by atoms with Crippen molar-refractivity contribution in [1.82, 2.24) is 10.2 Å². The van der Waals surface area contributed by atoms with Crippen LogP contribution in [0.25, 0.3) is 0 Å². The molecular formula is C30H19ClN2O6. The first-order valence-corrected chi connectivity index (χ1v) is 13.0. The molecule has 9 heteroatoms. The second kappa shape index (κ2) is 6.96. The highest BCUT2D eigenvalue weighted by Gasteiger charge is 2.86. The predicted octanol–water partition coefficient (Wildman–Crippen LogP) is 2.82. The van der Waals surface area contributed by atoms with Crippen molar-refractivity contribution in [3.05, 3.63) is 99.6 Å². The number of rotatable bonds is 0. The van der Waals surface area contributed by atoms with Crippen molar-refractivity contribution in [1.29, 1.82) is 0 Å². The SMILES string of the molecule is CN1[C@@H]2C3(NC[C@@]24C(=O)c2cc(Cl)ccc2O[C@H]4C12C(=O)c1ccccc1C2=O)C(=O)c1ccccc1C3=O. The van der Waals surface area contributed by atoms with E-state index in [1.165, 1.54) is 11.0 Å². The summed E-state index contributed by atoms with van der Waals surface area (Å²) in [6.07, 6.45) is -1.30. The second-order valence-electron chi connectivity index (χ2n) is 10.9. The number of hydrogen-bond acceptors (Lipinski definition) is 8. The van der Waals surface area contributed by atoms with Gasteiger partial charge in [-0.15, -0.1) is 0 Å². The molecule has 192 valence electrons. The van der Waals surface area contributed by atoms with Gasteiger partial charge in [0.1, 0.15) is 17.3 Å². The minimum Gasteiger partial charge on any atom is -0.486 e. The lowest BCUT2D eigenvalue weighted by Crippen LogP contribution is -2.67. The quantitative estimate of drug-likeness (QED) is 0.435. The van der Waals surface area contributed by atoms with Crippen molar-refractivity contribution in [2.45, 2.75) is 23.2 Å². The summed E-state index contributed by atoms with van der Waals surface area (Å²) in [6.45, 7) is -0.151. The zero-order valence-corrected chi connectivity index (χ0v) is 21.2. The Hall–Kier alpha value is -3.98. The largest absolute Gasteiger partial charge is 0.486 e. The molecule has 2 aliphatic carbocycles. The molecule has 0 radical (unpaired) electrons. The number of benzene rings is 3. The number of ketones is 5. The Labute approximate surface area is 226 Å². The van der Waals surface area contributed by atoms with E-state index < -0.39 is 57.6 Å². The van der Waals surface area contributed by atoms with Gasteiger partial charge >= 0.3 is 0 Å². The summed E-state index contributed by atoms with van der Waals surface area (Å²) in [5.74, 6) is -2.25. The molecule has 1 N–H and O–H groups in total. The number of nitrogens with zero attached hydrogens (tertiary/aromatic N) is 1. The number of fused-ring (bicyclic) bond motifs is 5. The molecule has 3 aromatic rings. The van der Waals surface area contributed by atoms with Crippen molar-refractivity contribution >= 4 is 40.5 Å². The topological polar surface area (TPSA) is 110 Å². The van der Waals surface area contributed by atoms with Gasteiger partial charge in [-0.25, -0.2) is 0 Å². The van der Waals surface area contributed by atoms with Crippen molar-refractivity contribution in [3.8, 4) is 5.75 Å². The number of nitrogens with one attached hydrogen (secondary N) is 1. The molecule has 2 saturated heterocycles. The van der Waals surface area contributed by atoms with Crippen molar-refractivity contribution < 1.29 is 28.7 Å². The fraction of sp³-hybridized carbons (Fsp3) is 0.233. The number of halogens is 1. The van der Waals surface area contributed by atoms with Gasteiger partial charge in [0.15, 0.2) is 40.0 Å². The highest BCUT2D eigenvalue weighted by molar-refractivity contribution is 6.37. The maximum Gasteiger partial charge on any atom is 0.195 e. The molecule has 3 aromatic carbocycles. The molecule has 2 fully saturated rings. The monoisotopic (exact) mass is 538 g/mol. The Balaban J connectivity index is 1.44. The van der Waals surface area contributed by atoms with Crippen molar-refractivity contribution in [2.24, 2.45) is 5.41 Å². The van der Waals surface area contributed by atoms with E-state index in [0.29, 0.717) is 5.02 Å². The van der Waals surface area contributed by atoms with E-state index in [4.69, 9.17) is 16.3 Å². The van der Waals surface area contributed by atoms with E-state index in [0.717, 1.165) is 0 Å². The lowest BCUT2D eigenvalue weighted by molar-refractivity contribution is 0.0165. The summed E-state index contributed by atoms with van der Waals surface area (Å²) in [4.78, 5) is 73.0. The molecule has 0 amide bonds. The number of likely N-dealkylation sites (N-methyl/N-ethyl adjacent to an activating group) is 1. The van der Waals surface area contributed by atoms with Crippen molar-refractivity contribution in [3.63, 3.8) is 0 Å². The van der Waals surface area contributed by atoms with Gasteiger partial charge in [0.25, 0.3) is 0 Å². The number of carbonyl (C=O) groups is 5. The Morgan fingerprint density at radius 1 is 0.769 bits per heavy atom. The highest BCUT2D eigenvalue weighted by atomic mass is 35.5. The molecule has 3 heterocycles. The zero-order chi connectivity index (χ0) is 27.1. The Morgan fingerprint density at radius 3 is 1.87 bits per heavy atom.